The van der Waals surface area contributed by atoms with Gasteiger partial charge in [-0.1, -0.05) is 20.8 Å². The highest BCUT2D eigenvalue weighted by atomic mass is 32.2. The summed E-state index contributed by atoms with van der Waals surface area (Å²) in [7, 11) is 0. The molecule has 0 unspecified atom stereocenters. The number of carbonyl (C=O) groups is 1. The number of carboxylic acid groups (broad SMARTS) is 1. The summed E-state index contributed by atoms with van der Waals surface area (Å²) in [6, 6.07) is 1.72. The Morgan fingerprint density at radius 2 is 2.05 bits per heavy atom. The lowest BCUT2D eigenvalue weighted by atomic mass is 9.92. The zero-order chi connectivity index (χ0) is 14.6. The van der Waals surface area contributed by atoms with Gasteiger partial charge in [-0.2, -0.15) is 11.8 Å². The number of aliphatic hydroxyl groups is 1. The normalized spacial score (nSPS) is 11.8. The van der Waals surface area contributed by atoms with Crippen LogP contribution in [0.2, 0.25) is 0 Å². The Morgan fingerprint density at radius 1 is 1.42 bits per heavy atom. The smallest absolute Gasteiger partial charge is 0.0733 e. The second-order valence-electron chi connectivity index (χ2n) is 5.55. The van der Waals surface area contributed by atoms with E-state index in [9.17, 15) is 9.90 Å². The van der Waals surface area contributed by atoms with Gasteiger partial charge in [-0.05, 0) is 13.0 Å². The van der Waals surface area contributed by atoms with Crippen molar-refractivity contribution < 1.29 is 15.0 Å². The summed E-state index contributed by atoms with van der Waals surface area (Å²) in [6.07, 6.45) is 0. The molecule has 0 aliphatic carbocycles. The third-order valence-corrected chi connectivity index (χ3v) is 3.99. The van der Waals surface area contributed by atoms with Gasteiger partial charge in [-0.15, -0.1) is 0 Å². The second kappa shape index (κ2) is 6.48. The van der Waals surface area contributed by atoms with Crippen molar-refractivity contribution in [3.8, 4) is 0 Å². The third kappa shape index (κ3) is 4.01. The summed E-state index contributed by atoms with van der Waals surface area (Å²) in [4.78, 5) is 11.1. The van der Waals surface area contributed by atoms with E-state index in [1.807, 2.05) is 6.92 Å². The molecule has 0 spiro atoms. The highest BCUT2D eigenvalue weighted by Gasteiger charge is 2.22. The van der Waals surface area contributed by atoms with Crippen LogP contribution in [0.3, 0.4) is 0 Å². The Hall–Kier alpha value is -0.940. The van der Waals surface area contributed by atoms with Crippen LogP contribution in [0.1, 0.15) is 42.5 Å². The van der Waals surface area contributed by atoms with Crippen molar-refractivity contribution in [3.05, 3.63) is 23.0 Å². The van der Waals surface area contributed by atoms with Crippen LogP contribution >= 0.6 is 11.8 Å². The van der Waals surface area contributed by atoms with E-state index in [1.165, 1.54) is 0 Å². The zero-order valence-corrected chi connectivity index (χ0v) is 12.8. The number of rotatable bonds is 6. The number of hydrogen-bond donors (Lipinski definition) is 1. The quantitative estimate of drug-likeness (QED) is 0.797. The van der Waals surface area contributed by atoms with Gasteiger partial charge in [0.2, 0.25) is 0 Å². The maximum Gasteiger partial charge on any atom is 0.0733 e. The largest absolute Gasteiger partial charge is 0.545 e. The standard InChI is InChI=1S/C14H23NO3S/c1-10-11(13(17)18)9-12(14(2,3)4)15(10)5-7-19-8-6-16/h9,16H,5-8H2,1-4H3,(H,17,18)/p-1. The summed E-state index contributed by atoms with van der Waals surface area (Å²) < 4.78 is 2.05. The maximum atomic E-state index is 11.1. The van der Waals surface area contributed by atoms with E-state index in [4.69, 9.17) is 5.11 Å². The van der Waals surface area contributed by atoms with Crippen molar-refractivity contribution in [2.75, 3.05) is 18.1 Å². The highest BCUT2D eigenvalue weighted by Crippen LogP contribution is 2.27. The predicted molar refractivity (Wildman–Crippen MR) is 76.6 cm³/mol. The van der Waals surface area contributed by atoms with Gasteiger partial charge in [-0.3, -0.25) is 0 Å². The average molecular weight is 284 g/mol. The molecule has 1 heterocycles. The number of carboxylic acids is 1. The molecule has 4 nitrogen and oxygen atoms in total. The van der Waals surface area contributed by atoms with Gasteiger partial charge in [-0.25, -0.2) is 0 Å². The van der Waals surface area contributed by atoms with Gasteiger partial charge >= 0.3 is 0 Å². The molecule has 0 aromatic carbocycles. The van der Waals surface area contributed by atoms with Gasteiger partial charge < -0.3 is 19.6 Å². The summed E-state index contributed by atoms with van der Waals surface area (Å²) in [6.45, 7) is 8.94. The molecule has 108 valence electrons. The Bertz CT molecular complexity index is 446. The van der Waals surface area contributed by atoms with Crippen molar-refractivity contribution in [3.63, 3.8) is 0 Å². The average Bonchev–Trinajstić information content (AvgIpc) is 2.62. The Morgan fingerprint density at radius 3 is 2.53 bits per heavy atom. The molecule has 0 saturated carbocycles. The maximum absolute atomic E-state index is 11.1. The molecule has 0 bridgehead atoms. The SMILES string of the molecule is Cc1c(C(=O)[O-])cc(C(C)(C)C)n1CCSCCO. The van der Waals surface area contributed by atoms with E-state index in [1.54, 1.807) is 17.8 Å². The molecule has 19 heavy (non-hydrogen) atoms. The van der Waals surface area contributed by atoms with Crippen LogP contribution in [0.15, 0.2) is 6.07 Å². The summed E-state index contributed by atoms with van der Waals surface area (Å²) in [5.74, 6) is 0.439. The lowest BCUT2D eigenvalue weighted by Crippen LogP contribution is -2.23. The molecular weight excluding hydrogens is 262 g/mol. The molecule has 1 rings (SSSR count). The number of hydrogen-bond acceptors (Lipinski definition) is 4. The van der Waals surface area contributed by atoms with Crippen molar-refractivity contribution >= 4 is 17.7 Å². The Kier molecular flexibility index (Phi) is 5.50. The van der Waals surface area contributed by atoms with Crippen LogP contribution in [-0.4, -0.2) is 33.8 Å². The minimum Gasteiger partial charge on any atom is -0.545 e. The first-order valence-electron chi connectivity index (χ1n) is 6.39. The van der Waals surface area contributed by atoms with E-state index in [0.717, 1.165) is 23.7 Å². The van der Waals surface area contributed by atoms with Gasteiger partial charge in [0, 0.05) is 40.4 Å². The third-order valence-electron chi connectivity index (χ3n) is 3.05. The van der Waals surface area contributed by atoms with Crippen molar-refractivity contribution in [1.82, 2.24) is 4.57 Å². The fourth-order valence-electron chi connectivity index (χ4n) is 2.08. The van der Waals surface area contributed by atoms with Crippen LogP contribution < -0.4 is 5.11 Å². The first kappa shape index (κ1) is 16.1. The van der Waals surface area contributed by atoms with Crippen LogP contribution in [-0.2, 0) is 12.0 Å². The van der Waals surface area contributed by atoms with E-state index in [2.05, 4.69) is 25.3 Å². The molecule has 0 radical (unpaired) electrons. The molecule has 0 fully saturated rings. The first-order chi connectivity index (χ1) is 8.79. The monoisotopic (exact) mass is 284 g/mol. The summed E-state index contributed by atoms with van der Waals surface area (Å²) in [5, 5.41) is 19.9. The highest BCUT2D eigenvalue weighted by molar-refractivity contribution is 7.99. The van der Waals surface area contributed by atoms with Crippen LogP contribution in [0.5, 0.6) is 0 Å². The fraction of sp³-hybridized carbons (Fsp3) is 0.643. The van der Waals surface area contributed by atoms with Crippen molar-refractivity contribution in [2.24, 2.45) is 0 Å². The molecular formula is C14H22NO3S-. The molecule has 0 aliphatic heterocycles. The van der Waals surface area contributed by atoms with Crippen LogP contribution in [0.4, 0.5) is 0 Å². The number of thioether (sulfide) groups is 1. The van der Waals surface area contributed by atoms with Crippen molar-refractivity contribution in [2.45, 2.75) is 39.7 Å². The van der Waals surface area contributed by atoms with Crippen LogP contribution in [0.25, 0.3) is 0 Å². The molecule has 1 aromatic rings. The van der Waals surface area contributed by atoms with Gasteiger partial charge in [0.25, 0.3) is 0 Å². The molecule has 0 saturated heterocycles. The van der Waals surface area contributed by atoms with E-state index in [-0.39, 0.29) is 17.6 Å². The molecule has 0 amide bonds. The van der Waals surface area contributed by atoms with Gasteiger partial charge in [0.05, 0.1) is 12.6 Å². The summed E-state index contributed by atoms with van der Waals surface area (Å²) >= 11 is 1.66. The minimum atomic E-state index is -1.12. The Balaban J connectivity index is 3.02. The lowest BCUT2D eigenvalue weighted by Gasteiger charge is -2.22. The summed E-state index contributed by atoms with van der Waals surface area (Å²) in [5.41, 5.74) is 1.92. The molecule has 1 aromatic heterocycles. The molecule has 1 N–H and O–H groups in total. The predicted octanol–water partition coefficient (Wildman–Crippen LogP) is 1.18. The van der Waals surface area contributed by atoms with Gasteiger partial charge in [0.1, 0.15) is 0 Å². The van der Waals surface area contributed by atoms with Crippen molar-refractivity contribution in [1.29, 1.82) is 0 Å². The second-order valence-corrected chi connectivity index (χ2v) is 6.78. The molecule has 0 aliphatic rings. The van der Waals surface area contributed by atoms with Crippen LogP contribution in [0, 0.1) is 6.92 Å². The van der Waals surface area contributed by atoms with E-state index < -0.39 is 5.97 Å². The number of aliphatic hydroxyl groups excluding tert-OH is 1. The molecule has 0 atom stereocenters. The minimum absolute atomic E-state index is 0.111. The first-order valence-corrected chi connectivity index (χ1v) is 7.55. The van der Waals surface area contributed by atoms with Gasteiger partial charge in [0.15, 0.2) is 0 Å². The lowest BCUT2D eigenvalue weighted by molar-refractivity contribution is -0.255. The topological polar surface area (TPSA) is 65.3 Å². The fourth-order valence-corrected chi connectivity index (χ4v) is 2.73. The van der Waals surface area contributed by atoms with E-state index >= 15 is 0 Å². The number of aromatic nitrogens is 1. The van der Waals surface area contributed by atoms with E-state index in [0.29, 0.717) is 5.75 Å². The number of aromatic carboxylic acids is 1. The number of carbonyl (C=O) groups excluding carboxylic acids is 1. The zero-order valence-electron chi connectivity index (χ0n) is 12.0. The Labute approximate surface area is 118 Å². The number of nitrogens with zero attached hydrogens (tertiary/aromatic N) is 1. The molecule has 5 heteroatoms.